The van der Waals surface area contributed by atoms with Crippen LogP contribution >= 0.6 is 0 Å². The number of benzene rings is 4. The van der Waals surface area contributed by atoms with E-state index in [4.69, 9.17) is 9.47 Å². The fourth-order valence-corrected chi connectivity index (χ4v) is 7.42. The second-order valence-corrected chi connectivity index (χ2v) is 17.5. The van der Waals surface area contributed by atoms with Crippen LogP contribution < -0.4 is 31.0 Å². The van der Waals surface area contributed by atoms with Crippen LogP contribution in [0.1, 0.15) is 124 Å². The first-order valence-electron chi connectivity index (χ1n) is 21.0. The van der Waals surface area contributed by atoms with Gasteiger partial charge in [0.1, 0.15) is 35.8 Å². The minimum Gasteiger partial charge on any atom is -0.490 e. The van der Waals surface area contributed by atoms with Gasteiger partial charge in [0.15, 0.2) is 0 Å². The van der Waals surface area contributed by atoms with Gasteiger partial charge in [0.2, 0.25) is 10.9 Å². The Balaban J connectivity index is 1.28. The van der Waals surface area contributed by atoms with Crippen molar-refractivity contribution in [3.63, 3.8) is 0 Å². The molecule has 4 N–H and O–H groups in total. The zero-order valence-corrected chi connectivity index (χ0v) is 36.2. The summed E-state index contributed by atoms with van der Waals surface area (Å²) in [5.74, 6) is 0.233. The minimum atomic E-state index is -0.506. The normalized spacial score (nSPS) is 11.8. The van der Waals surface area contributed by atoms with E-state index >= 15 is 0 Å². The molecule has 0 aliphatic heterocycles. The number of fused-ring (bicyclic) bond motifs is 2. The third kappa shape index (κ3) is 9.82. The zero-order valence-electron chi connectivity index (χ0n) is 36.2. The highest BCUT2D eigenvalue weighted by atomic mass is 16.5. The summed E-state index contributed by atoms with van der Waals surface area (Å²) in [5, 5.41) is 6.98. The summed E-state index contributed by atoms with van der Waals surface area (Å²) in [4.78, 5) is 60.3. The molecule has 0 spiro atoms. The number of unbranched alkanes of at least 4 members (excludes halogenated alkanes) is 2. The average molecular weight is 811 g/mol. The molecule has 0 unspecified atom stereocenters. The van der Waals surface area contributed by atoms with Crippen molar-refractivity contribution in [2.75, 3.05) is 23.8 Å². The molecule has 2 aromatic heterocycles. The highest BCUT2D eigenvalue weighted by molar-refractivity contribution is 6.07. The molecule has 10 heteroatoms. The number of aromatic amines is 2. The van der Waals surface area contributed by atoms with Gasteiger partial charge in [-0.15, -0.1) is 0 Å². The smallest absolute Gasteiger partial charge is 0.261 e. The molecule has 0 bridgehead atoms. The number of nitrogens with one attached hydrogen (secondary N) is 4. The number of ether oxygens (including phenoxy) is 2. The van der Waals surface area contributed by atoms with Gasteiger partial charge in [0.25, 0.3) is 11.8 Å². The molecule has 6 rings (SSSR count). The molecule has 0 atom stereocenters. The van der Waals surface area contributed by atoms with Crippen LogP contribution in [0.25, 0.3) is 21.8 Å². The van der Waals surface area contributed by atoms with Gasteiger partial charge in [0.05, 0.1) is 0 Å². The molecule has 0 fully saturated rings. The van der Waals surface area contributed by atoms with Crippen molar-refractivity contribution >= 4 is 45.0 Å². The van der Waals surface area contributed by atoms with Crippen LogP contribution in [0.15, 0.2) is 94.8 Å². The van der Waals surface area contributed by atoms with Crippen molar-refractivity contribution in [2.45, 2.75) is 105 Å². The van der Waals surface area contributed by atoms with Gasteiger partial charge in [-0.1, -0.05) is 92.5 Å². The van der Waals surface area contributed by atoms with Gasteiger partial charge < -0.3 is 30.1 Å². The fraction of sp³-hybridized carbons (Fsp3) is 0.360. The summed E-state index contributed by atoms with van der Waals surface area (Å²) in [6.07, 6.45) is 8.30. The van der Waals surface area contributed by atoms with E-state index in [0.717, 1.165) is 60.8 Å². The molecule has 0 radical (unpaired) electrons. The average Bonchev–Trinajstić information content (AvgIpc) is 3.21. The summed E-state index contributed by atoms with van der Waals surface area (Å²) >= 11 is 0. The van der Waals surface area contributed by atoms with E-state index in [1.807, 2.05) is 24.3 Å². The number of carbonyl (C=O) groups is 2. The number of hydrogen-bond acceptors (Lipinski definition) is 6. The molecule has 0 saturated heterocycles. The lowest BCUT2D eigenvalue weighted by Crippen LogP contribution is -2.24. The van der Waals surface area contributed by atoms with Crippen molar-refractivity contribution in [1.29, 1.82) is 0 Å². The molecule has 60 heavy (non-hydrogen) atoms. The van der Waals surface area contributed by atoms with Gasteiger partial charge in [-0.25, -0.2) is 0 Å². The molecule has 6 aromatic rings. The Morgan fingerprint density at radius 2 is 1.03 bits per heavy atom. The first kappa shape index (κ1) is 43.4. The molecule has 4 aromatic carbocycles. The summed E-state index contributed by atoms with van der Waals surface area (Å²) < 4.78 is 13.0. The predicted octanol–water partition coefficient (Wildman–Crippen LogP) is 10.6. The maximum Gasteiger partial charge on any atom is 0.261 e. The highest BCUT2D eigenvalue weighted by Crippen LogP contribution is 2.38. The van der Waals surface area contributed by atoms with Gasteiger partial charge in [0, 0.05) is 57.7 Å². The number of aryl methyl sites for hydroxylation is 2. The first-order valence-corrected chi connectivity index (χ1v) is 21.0. The quantitative estimate of drug-likeness (QED) is 0.0761. The third-order valence-corrected chi connectivity index (χ3v) is 10.8. The number of H-pyrrole nitrogens is 2. The number of rotatable bonds is 15. The standard InChI is InChI=1S/C50H58N4O6/c1-9-11-17-31-25-38(50(6,7)8)44(27-41(31)53-47(57)35-29-51-39-21-15-13-19-33(39)45(35)55)60-24-23-59-43-28-42(37(49(3,4)5)26-32(43)18-12-10-2)54-48(58)36-30-52-40-22-16-14-20-34(40)46(36)56/h13-16,19-22,25-30H,9-12,17-18,23-24H2,1-8H3,(H,51,55)(H,52,56)(H,53,57)(H,54,58). The summed E-state index contributed by atoms with van der Waals surface area (Å²) in [6, 6.07) is 22.2. The van der Waals surface area contributed by atoms with E-state index in [1.165, 1.54) is 12.4 Å². The molecule has 0 aliphatic rings. The summed E-state index contributed by atoms with van der Waals surface area (Å²) in [5.41, 5.74) is 5.15. The Kier molecular flexibility index (Phi) is 13.3. The van der Waals surface area contributed by atoms with E-state index in [2.05, 4.69) is 88.1 Å². The zero-order chi connectivity index (χ0) is 43.2. The van der Waals surface area contributed by atoms with Crippen LogP contribution in [-0.4, -0.2) is 35.0 Å². The van der Waals surface area contributed by atoms with Crippen LogP contribution in [0, 0.1) is 0 Å². The van der Waals surface area contributed by atoms with E-state index in [-0.39, 0.29) is 46.0 Å². The SMILES string of the molecule is CCCCc1cc(C(C)(C)C)c(OCCOc2cc(NC(=O)c3c[nH]c4ccccc4c3=O)c(C(C)(C)C)cc2CCCC)cc1NC(=O)c1c[nH]c2ccccc2c1=O. The second kappa shape index (κ2) is 18.4. The minimum absolute atomic E-state index is 0.0227. The van der Waals surface area contributed by atoms with E-state index < -0.39 is 11.8 Å². The maximum absolute atomic E-state index is 13.7. The van der Waals surface area contributed by atoms with Gasteiger partial charge >= 0.3 is 0 Å². The molecule has 2 heterocycles. The number of carbonyl (C=O) groups excluding carboxylic acids is 2. The number of aromatic nitrogens is 2. The van der Waals surface area contributed by atoms with Crippen molar-refractivity contribution < 1.29 is 19.1 Å². The van der Waals surface area contributed by atoms with E-state index in [1.54, 1.807) is 36.4 Å². The number of anilines is 2. The fourth-order valence-electron chi connectivity index (χ4n) is 7.42. The second-order valence-electron chi connectivity index (χ2n) is 17.5. The maximum atomic E-state index is 13.7. The van der Waals surface area contributed by atoms with Crippen LogP contribution in [0.3, 0.4) is 0 Å². The lowest BCUT2D eigenvalue weighted by molar-refractivity contribution is 0.101. The molecular formula is C50H58N4O6. The van der Waals surface area contributed by atoms with Gasteiger partial charge in [-0.2, -0.15) is 0 Å². The van der Waals surface area contributed by atoms with Crippen molar-refractivity contribution in [2.24, 2.45) is 0 Å². The van der Waals surface area contributed by atoms with E-state index in [9.17, 15) is 19.2 Å². The monoisotopic (exact) mass is 810 g/mol. The Morgan fingerprint density at radius 1 is 0.583 bits per heavy atom. The third-order valence-electron chi connectivity index (χ3n) is 10.8. The Morgan fingerprint density at radius 3 is 1.55 bits per heavy atom. The Hall–Kier alpha value is -6.16. The molecular weight excluding hydrogens is 753 g/mol. The van der Waals surface area contributed by atoms with E-state index in [0.29, 0.717) is 44.7 Å². The highest BCUT2D eigenvalue weighted by Gasteiger charge is 2.26. The van der Waals surface area contributed by atoms with Crippen molar-refractivity contribution in [3.05, 3.63) is 139 Å². The van der Waals surface area contributed by atoms with Crippen LogP contribution in [0.5, 0.6) is 11.5 Å². The molecule has 314 valence electrons. The number of para-hydroxylation sites is 2. The lowest BCUT2D eigenvalue weighted by atomic mass is 9.84. The summed E-state index contributed by atoms with van der Waals surface area (Å²) in [7, 11) is 0. The number of pyridine rings is 2. The Labute approximate surface area is 352 Å². The van der Waals surface area contributed by atoms with Crippen molar-refractivity contribution in [3.8, 4) is 11.5 Å². The summed E-state index contributed by atoms with van der Waals surface area (Å²) in [6.45, 7) is 17.3. The van der Waals surface area contributed by atoms with Gasteiger partial charge in [-0.3, -0.25) is 19.2 Å². The molecule has 0 aliphatic carbocycles. The van der Waals surface area contributed by atoms with Crippen LogP contribution in [0.4, 0.5) is 11.4 Å². The molecule has 0 saturated carbocycles. The molecule has 2 amide bonds. The first-order chi connectivity index (χ1) is 28.6. The Bertz CT molecular complexity index is 2640. The molecule has 10 nitrogen and oxygen atoms in total. The lowest BCUT2D eigenvalue weighted by Gasteiger charge is -2.26. The van der Waals surface area contributed by atoms with Crippen LogP contribution in [-0.2, 0) is 23.7 Å². The van der Waals surface area contributed by atoms with Gasteiger partial charge in [-0.05, 0) is 95.2 Å². The predicted molar refractivity (Wildman–Crippen MR) is 244 cm³/mol. The topological polar surface area (TPSA) is 142 Å². The largest absolute Gasteiger partial charge is 0.490 e. The van der Waals surface area contributed by atoms with Crippen molar-refractivity contribution in [1.82, 2.24) is 9.97 Å². The number of hydrogen-bond donors (Lipinski definition) is 4. The number of amides is 2. The van der Waals surface area contributed by atoms with Crippen LogP contribution in [0.2, 0.25) is 0 Å².